The van der Waals surface area contributed by atoms with E-state index in [-0.39, 0.29) is 22.6 Å². The predicted octanol–water partition coefficient (Wildman–Crippen LogP) is 3.29. The van der Waals surface area contributed by atoms with Crippen LogP contribution in [0.3, 0.4) is 0 Å². The topological polar surface area (TPSA) is 58.3 Å². The summed E-state index contributed by atoms with van der Waals surface area (Å²) >= 11 is 6.03. The van der Waals surface area contributed by atoms with Crippen molar-refractivity contribution in [2.75, 3.05) is 6.61 Å². The van der Waals surface area contributed by atoms with E-state index in [2.05, 4.69) is 9.97 Å². The van der Waals surface area contributed by atoms with Crippen LogP contribution >= 0.6 is 11.6 Å². The Kier molecular flexibility index (Phi) is 3.36. The lowest BCUT2D eigenvalue weighted by molar-refractivity contribution is 0.416. The first-order valence-corrected chi connectivity index (χ1v) is 6.96. The normalized spacial score (nSPS) is 17.5. The molecule has 1 atom stereocenters. The number of halogens is 1. The molecule has 0 radical (unpaired) electrons. The smallest absolute Gasteiger partial charge is 0.270 e. The van der Waals surface area contributed by atoms with Gasteiger partial charge in [0.25, 0.3) is 5.56 Å². The number of aromatic amines is 1. The average molecular weight is 291 g/mol. The van der Waals surface area contributed by atoms with Crippen LogP contribution in [0.2, 0.25) is 5.02 Å². The first-order chi connectivity index (χ1) is 9.58. The number of nitrogens with zero attached hydrogens (tertiary/aromatic N) is 1. The average Bonchev–Trinajstić information content (AvgIpc) is 3.26. The summed E-state index contributed by atoms with van der Waals surface area (Å²) in [5.74, 6) is 0.641. The SMILES string of the molecule is CC(C)c1nc(-c2ccccc2C2CO2)[nH]c(=O)c1Cl. The molecule has 5 heteroatoms. The molecule has 0 bridgehead atoms. The zero-order chi connectivity index (χ0) is 14.3. The number of aromatic nitrogens is 2. The largest absolute Gasteiger partial charge is 0.368 e. The molecule has 1 unspecified atom stereocenters. The van der Waals surface area contributed by atoms with Gasteiger partial charge in [0.15, 0.2) is 0 Å². The molecule has 1 fully saturated rings. The summed E-state index contributed by atoms with van der Waals surface area (Å²) in [4.78, 5) is 19.3. The van der Waals surface area contributed by atoms with Gasteiger partial charge >= 0.3 is 0 Å². The fourth-order valence-electron chi connectivity index (χ4n) is 2.21. The van der Waals surface area contributed by atoms with E-state index < -0.39 is 0 Å². The van der Waals surface area contributed by atoms with Crippen molar-refractivity contribution in [2.45, 2.75) is 25.9 Å². The Balaban J connectivity index is 2.18. The summed E-state index contributed by atoms with van der Waals surface area (Å²) in [5, 5.41) is 0.170. The number of rotatable bonds is 3. The molecule has 4 nitrogen and oxygen atoms in total. The number of hydrogen-bond donors (Lipinski definition) is 1. The number of epoxide rings is 1. The Bertz CT molecular complexity index is 705. The second-order valence-electron chi connectivity index (χ2n) is 5.18. The van der Waals surface area contributed by atoms with Crippen molar-refractivity contribution < 1.29 is 4.74 Å². The van der Waals surface area contributed by atoms with E-state index in [1.807, 2.05) is 38.1 Å². The summed E-state index contributed by atoms with van der Waals surface area (Å²) in [6, 6.07) is 7.81. The van der Waals surface area contributed by atoms with Crippen LogP contribution in [0.4, 0.5) is 0 Å². The molecule has 104 valence electrons. The molecule has 1 aliphatic heterocycles. The predicted molar refractivity (Wildman–Crippen MR) is 78.1 cm³/mol. The Morgan fingerprint density at radius 3 is 2.75 bits per heavy atom. The number of ether oxygens (including phenoxy) is 1. The van der Waals surface area contributed by atoms with Gasteiger partial charge in [0, 0.05) is 5.56 Å². The van der Waals surface area contributed by atoms with Gasteiger partial charge in [-0.3, -0.25) is 4.79 Å². The number of H-pyrrole nitrogens is 1. The Morgan fingerprint density at radius 2 is 2.10 bits per heavy atom. The fourth-order valence-corrected chi connectivity index (χ4v) is 2.52. The van der Waals surface area contributed by atoms with E-state index in [9.17, 15) is 4.79 Å². The lowest BCUT2D eigenvalue weighted by atomic mass is 10.0. The molecule has 0 aliphatic carbocycles. The van der Waals surface area contributed by atoms with E-state index in [4.69, 9.17) is 16.3 Å². The summed E-state index contributed by atoms with van der Waals surface area (Å²) in [5.41, 5.74) is 2.27. The Labute approximate surface area is 121 Å². The molecule has 1 aromatic carbocycles. The summed E-state index contributed by atoms with van der Waals surface area (Å²) in [6.45, 7) is 4.65. The highest BCUT2D eigenvalue weighted by Crippen LogP contribution is 2.36. The number of benzene rings is 1. The third kappa shape index (κ3) is 2.37. The highest BCUT2D eigenvalue weighted by Gasteiger charge is 2.28. The van der Waals surface area contributed by atoms with Gasteiger partial charge in [0.2, 0.25) is 0 Å². The summed E-state index contributed by atoms with van der Waals surface area (Å²) in [6.07, 6.45) is 0.106. The fraction of sp³-hybridized carbons (Fsp3) is 0.333. The molecule has 0 amide bonds. The second-order valence-corrected chi connectivity index (χ2v) is 5.56. The quantitative estimate of drug-likeness (QED) is 0.883. The maximum absolute atomic E-state index is 12.0. The minimum atomic E-state index is -0.299. The van der Waals surface area contributed by atoms with Crippen LogP contribution in [0, 0.1) is 0 Å². The third-order valence-electron chi connectivity index (χ3n) is 3.33. The van der Waals surface area contributed by atoms with E-state index >= 15 is 0 Å². The van der Waals surface area contributed by atoms with Crippen LogP contribution in [0.5, 0.6) is 0 Å². The van der Waals surface area contributed by atoms with Crippen molar-refractivity contribution in [3.63, 3.8) is 0 Å². The van der Waals surface area contributed by atoms with Gasteiger partial charge in [-0.1, -0.05) is 49.7 Å². The van der Waals surface area contributed by atoms with Crippen LogP contribution in [0.25, 0.3) is 11.4 Å². The van der Waals surface area contributed by atoms with E-state index in [0.717, 1.165) is 11.1 Å². The van der Waals surface area contributed by atoms with Gasteiger partial charge in [0.1, 0.15) is 17.0 Å². The third-order valence-corrected chi connectivity index (χ3v) is 3.70. The molecule has 20 heavy (non-hydrogen) atoms. The second kappa shape index (κ2) is 5.04. The molecule has 1 saturated heterocycles. The van der Waals surface area contributed by atoms with Crippen molar-refractivity contribution in [1.29, 1.82) is 0 Å². The monoisotopic (exact) mass is 290 g/mol. The van der Waals surface area contributed by atoms with Crippen molar-refractivity contribution in [2.24, 2.45) is 0 Å². The van der Waals surface area contributed by atoms with E-state index in [1.54, 1.807) is 0 Å². The summed E-state index contributed by atoms with van der Waals surface area (Å²) < 4.78 is 5.34. The number of hydrogen-bond acceptors (Lipinski definition) is 3. The van der Waals surface area contributed by atoms with E-state index in [0.29, 0.717) is 18.1 Å². The zero-order valence-electron chi connectivity index (χ0n) is 11.3. The Morgan fingerprint density at radius 1 is 1.40 bits per heavy atom. The zero-order valence-corrected chi connectivity index (χ0v) is 12.1. The van der Waals surface area contributed by atoms with Crippen molar-refractivity contribution in [1.82, 2.24) is 9.97 Å². The summed E-state index contributed by atoms with van der Waals surface area (Å²) in [7, 11) is 0. The van der Waals surface area contributed by atoms with E-state index in [1.165, 1.54) is 0 Å². The molecule has 2 heterocycles. The first kappa shape index (κ1) is 13.3. The lowest BCUT2D eigenvalue weighted by Crippen LogP contribution is -2.14. The van der Waals surface area contributed by atoms with Crippen LogP contribution in [0.15, 0.2) is 29.1 Å². The highest BCUT2D eigenvalue weighted by atomic mass is 35.5. The lowest BCUT2D eigenvalue weighted by Gasteiger charge is -2.11. The minimum absolute atomic E-state index is 0.0906. The van der Waals surface area contributed by atoms with Crippen LogP contribution in [-0.2, 0) is 4.74 Å². The molecular weight excluding hydrogens is 276 g/mol. The Hall–Kier alpha value is -1.65. The molecule has 1 N–H and O–H groups in total. The maximum atomic E-state index is 12.0. The van der Waals surface area contributed by atoms with Gasteiger partial charge in [-0.25, -0.2) is 4.98 Å². The van der Waals surface area contributed by atoms with Crippen LogP contribution < -0.4 is 5.56 Å². The van der Waals surface area contributed by atoms with Gasteiger partial charge < -0.3 is 9.72 Å². The molecule has 1 aromatic heterocycles. The highest BCUT2D eigenvalue weighted by molar-refractivity contribution is 6.31. The van der Waals surface area contributed by atoms with Gasteiger partial charge in [-0.2, -0.15) is 0 Å². The van der Waals surface area contributed by atoms with Gasteiger partial charge in [-0.15, -0.1) is 0 Å². The number of nitrogens with one attached hydrogen (secondary N) is 1. The molecule has 3 rings (SSSR count). The molecule has 0 saturated carbocycles. The van der Waals surface area contributed by atoms with Crippen LogP contribution in [0.1, 0.15) is 37.1 Å². The van der Waals surface area contributed by atoms with Gasteiger partial charge in [-0.05, 0) is 11.5 Å². The maximum Gasteiger partial charge on any atom is 0.270 e. The van der Waals surface area contributed by atoms with Crippen molar-refractivity contribution >= 4 is 11.6 Å². The molecule has 0 spiro atoms. The van der Waals surface area contributed by atoms with Crippen molar-refractivity contribution in [3.05, 3.63) is 50.9 Å². The van der Waals surface area contributed by atoms with Crippen molar-refractivity contribution in [3.8, 4) is 11.4 Å². The molecule has 2 aromatic rings. The minimum Gasteiger partial charge on any atom is -0.368 e. The first-order valence-electron chi connectivity index (χ1n) is 6.58. The standard InChI is InChI=1S/C15H15ClN2O2/c1-8(2)13-12(16)15(19)18-14(17-13)10-6-4-3-5-9(10)11-7-20-11/h3-6,8,11H,7H2,1-2H3,(H,17,18,19). The van der Waals surface area contributed by atoms with Crippen LogP contribution in [-0.4, -0.2) is 16.6 Å². The molecule has 1 aliphatic rings. The van der Waals surface area contributed by atoms with Gasteiger partial charge in [0.05, 0.1) is 12.3 Å². The molecular formula is C15H15ClN2O2.